The Labute approximate surface area is 109 Å². The zero-order valence-corrected chi connectivity index (χ0v) is 11.3. The standard InChI is InChI=1S/C15H21NO2/c1-10(2)8-11(3)18-13-6-4-12-5-7-15(17)16-14(12)9-13/h4,6,9-11H,5,7-8H2,1-3H3,(H,16,17). The van der Waals surface area contributed by atoms with Crippen LogP contribution in [-0.2, 0) is 11.2 Å². The van der Waals surface area contributed by atoms with Crippen LogP contribution in [0.4, 0.5) is 5.69 Å². The molecule has 18 heavy (non-hydrogen) atoms. The van der Waals surface area contributed by atoms with Crippen LogP contribution in [0.15, 0.2) is 18.2 Å². The topological polar surface area (TPSA) is 38.3 Å². The number of ether oxygens (including phenoxy) is 1. The summed E-state index contributed by atoms with van der Waals surface area (Å²) in [5, 5.41) is 2.90. The minimum absolute atomic E-state index is 0.0925. The number of nitrogens with one attached hydrogen (secondary N) is 1. The Morgan fingerprint density at radius 3 is 2.78 bits per heavy atom. The van der Waals surface area contributed by atoms with E-state index in [1.807, 2.05) is 18.2 Å². The lowest BCUT2D eigenvalue weighted by Crippen LogP contribution is -2.19. The van der Waals surface area contributed by atoms with E-state index in [-0.39, 0.29) is 12.0 Å². The summed E-state index contributed by atoms with van der Waals surface area (Å²) in [6, 6.07) is 5.97. The van der Waals surface area contributed by atoms with Crippen molar-refractivity contribution in [3.05, 3.63) is 23.8 Å². The number of carbonyl (C=O) groups is 1. The highest BCUT2D eigenvalue weighted by Crippen LogP contribution is 2.28. The smallest absolute Gasteiger partial charge is 0.224 e. The predicted molar refractivity (Wildman–Crippen MR) is 72.9 cm³/mol. The Balaban J connectivity index is 2.06. The molecule has 0 saturated carbocycles. The highest BCUT2D eigenvalue weighted by atomic mass is 16.5. The molecule has 1 unspecified atom stereocenters. The molecule has 1 atom stereocenters. The molecule has 0 spiro atoms. The Kier molecular flexibility index (Phi) is 3.90. The van der Waals surface area contributed by atoms with E-state index in [9.17, 15) is 4.79 Å². The van der Waals surface area contributed by atoms with Gasteiger partial charge in [-0.15, -0.1) is 0 Å². The molecule has 0 bridgehead atoms. The lowest BCUT2D eigenvalue weighted by Gasteiger charge is -2.20. The van der Waals surface area contributed by atoms with Gasteiger partial charge >= 0.3 is 0 Å². The first-order valence-corrected chi connectivity index (χ1v) is 6.64. The van der Waals surface area contributed by atoms with Crippen molar-refractivity contribution in [2.45, 2.75) is 46.1 Å². The summed E-state index contributed by atoms with van der Waals surface area (Å²) < 4.78 is 5.88. The number of anilines is 1. The lowest BCUT2D eigenvalue weighted by molar-refractivity contribution is -0.116. The van der Waals surface area contributed by atoms with Crippen molar-refractivity contribution in [2.24, 2.45) is 5.92 Å². The van der Waals surface area contributed by atoms with E-state index in [0.717, 1.165) is 24.3 Å². The molecule has 0 fully saturated rings. The van der Waals surface area contributed by atoms with E-state index in [1.165, 1.54) is 5.56 Å². The Morgan fingerprint density at radius 1 is 1.28 bits per heavy atom. The van der Waals surface area contributed by atoms with E-state index in [1.54, 1.807) is 0 Å². The van der Waals surface area contributed by atoms with Crippen LogP contribution < -0.4 is 10.1 Å². The number of carbonyl (C=O) groups excluding carboxylic acids is 1. The second-order valence-corrected chi connectivity index (χ2v) is 5.43. The van der Waals surface area contributed by atoms with Gasteiger partial charge in [0, 0.05) is 18.2 Å². The van der Waals surface area contributed by atoms with Crippen LogP contribution in [0.25, 0.3) is 0 Å². The van der Waals surface area contributed by atoms with Crippen molar-refractivity contribution in [1.29, 1.82) is 0 Å². The van der Waals surface area contributed by atoms with Crippen LogP contribution in [-0.4, -0.2) is 12.0 Å². The maximum absolute atomic E-state index is 11.4. The molecule has 1 aliphatic heterocycles. The average molecular weight is 247 g/mol. The molecular formula is C15H21NO2. The molecule has 98 valence electrons. The van der Waals surface area contributed by atoms with Gasteiger partial charge in [0.1, 0.15) is 5.75 Å². The van der Waals surface area contributed by atoms with E-state index in [0.29, 0.717) is 12.3 Å². The van der Waals surface area contributed by atoms with Crippen LogP contribution in [0.3, 0.4) is 0 Å². The molecule has 3 heteroatoms. The van der Waals surface area contributed by atoms with Gasteiger partial charge < -0.3 is 10.1 Å². The van der Waals surface area contributed by atoms with Crippen LogP contribution >= 0.6 is 0 Å². The molecule has 1 aromatic rings. The highest BCUT2D eigenvalue weighted by Gasteiger charge is 2.15. The maximum Gasteiger partial charge on any atom is 0.224 e. The predicted octanol–water partition coefficient (Wildman–Crippen LogP) is 3.38. The summed E-state index contributed by atoms with van der Waals surface area (Å²) in [5.41, 5.74) is 2.10. The van der Waals surface area contributed by atoms with Gasteiger partial charge in [-0.2, -0.15) is 0 Å². The third-order valence-electron chi connectivity index (χ3n) is 3.12. The monoisotopic (exact) mass is 247 g/mol. The molecule has 1 heterocycles. The number of hydrogen-bond donors (Lipinski definition) is 1. The molecular weight excluding hydrogens is 226 g/mol. The average Bonchev–Trinajstić information content (AvgIpc) is 2.27. The Bertz CT molecular complexity index is 440. The van der Waals surface area contributed by atoms with E-state index >= 15 is 0 Å². The fraction of sp³-hybridized carbons (Fsp3) is 0.533. The largest absolute Gasteiger partial charge is 0.491 e. The van der Waals surface area contributed by atoms with Crippen molar-refractivity contribution in [2.75, 3.05) is 5.32 Å². The van der Waals surface area contributed by atoms with Gasteiger partial charge in [0.2, 0.25) is 5.91 Å². The lowest BCUT2D eigenvalue weighted by atomic mass is 10.0. The van der Waals surface area contributed by atoms with Gasteiger partial charge in [0.25, 0.3) is 0 Å². The first-order valence-electron chi connectivity index (χ1n) is 6.64. The molecule has 0 aliphatic carbocycles. The van der Waals surface area contributed by atoms with Gasteiger partial charge in [-0.3, -0.25) is 4.79 Å². The minimum Gasteiger partial charge on any atom is -0.491 e. The Morgan fingerprint density at radius 2 is 2.06 bits per heavy atom. The molecule has 1 aliphatic rings. The first-order chi connectivity index (χ1) is 8.54. The third kappa shape index (κ3) is 3.25. The molecule has 2 rings (SSSR count). The third-order valence-corrected chi connectivity index (χ3v) is 3.12. The second-order valence-electron chi connectivity index (χ2n) is 5.43. The summed E-state index contributed by atoms with van der Waals surface area (Å²) >= 11 is 0. The van der Waals surface area contributed by atoms with Crippen LogP contribution in [0.1, 0.15) is 39.2 Å². The second kappa shape index (κ2) is 5.42. The summed E-state index contributed by atoms with van der Waals surface area (Å²) in [6.45, 7) is 6.46. The highest BCUT2D eigenvalue weighted by molar-refractivity contribution is 5.94. The van der Waals surface area contributed by atoms with E-state index in [2.05, 4.69) is 26.1 Å². The number of benzene rings is 1. The van der Waals surface area contributed by atoms with Gasteiger partial charge in [-0.25, -0.2) is 0 Å². The summed E-state index contributed by atoms with van der Waals surface area (Å²) in [5.74, 6) is 1.55. The zero-order valence-electron chi connectivity index (χ0n) is 11.3. The summed E-state index contributed by atoms with van der Waals surface area (Å²) in [6.07, 6.45) is 2.63. The summed E-state index contributed by atoms with van der Waals surface area (Å²) in [7, 11) is 0. The van der Waals surface area contributed by atoms with Crippen LogP contribution in [0, 0.1) is 5.92 Å². The molecule has 1 amide bonds. The SMILES string of the molecule is CC(C)CC(C)Oc1ccc2c(c1)NC(=O)CC2. The normalized spacial score (nSPS) is 16.1. The van der Waals surface area contributed by atoms with E-state index < -0.39 is 0 Å². The van der Waals surface area contributed by atoms with Crippen molar-refractivity contribution in [3.63, 3.8) is 0 Å². The van der Waals surface area contributed by atoms with Gasteiger partial charge in [-0.05, 0) is 37.3 Å². The maximum atomic E-state index is 11.4. The van der Waals surface area contributed by atoms with Gasteiger partial charge in [-0.1, -0.05) is 19.9 Å². The van der Waals surface area contributed by atoms with Gasteiger partial charge in [0.15, 0.2) is 0 Å². The van der Waals surface area contributed by atoms with Crippen molar-refractivity contribution in [1.82, 2.24) is 0 Å². The zero-order chi connectivity index (χ0) is 13.1. The number of aryl methyl sites for hydroxylation is 1. The first kappa shape index (κ1) is 12.9. The minimum atomic E-state index is 0.0925. The van der Waals surface area contributed by atoms with Crippen LogP contribution in [0.5, 0.6) is 5.75 Å². The van der Waals surface area contributed by atoms with Crippen molar-refractivity contribution >= 4 is 11.6 Å². The molecule has 3 nitrogen and oxygen atoms in total. The molecule has 0 radical (unpaired) electrons. The summed E-state index contributed by atoms with van der Waals surface area (Å²) in [4.78, 5) is 11.4. The fourth-order valence-corrected chi connectivity index (χ4v) is 2.37. The Hall–Kier alpha value is -1.51. The number of hydrogen-bond acceptors (Lipinski definition) is 2. The quantitative estimate of drug-likeness (QED) is 0.885. The number of fused-ring (bicyclic) bond motifs is 1. The molecule has 1 N–H and O–H groups in total. The van der Waals surface area contributed by atoms with Gasteiger partial charge in [0.05, 0.1) is 6.10 Å². The van der Waals surface area contributed by atoms with E-state index in [4.69, 9.17) is 4.74 Å². The number of rotatable bonds is 4. The van der Waals surface area contributed by atoms with Crippen molar-refractivity contribution < 1.29 is 9.53 Å². The number of amides is 1. The fourth-order valence-electron chi connectivity index (χ4n) is 2.37. The molecule has 0 aromatic heterocycles. The van der Waals surface area contributed by atoms with Crippen molar-refractivity contribution in [3.8, 4) is 5.75 Å². The van der Waals surface area contributed by atoms with Crippen LogP contribution in [0.2, 0.25) is 0 Å². The molecule has 0 saturated heterocycles. The molecule has 1 aromatic carbocycles.